The van der Waals surface area contributed by atoms with Crippen molar-refractivity contribution in [2.45, 2.75) is 26.7 Å². The molecule has 0 aliphatic heterocycles. The van der Waals surface area contributed by atoms with Gasteiger partial charge in [0.15, 0.2) is 0 Å². The molecular formula is C12H15ClO. The second-order valence-electron chi connectivity index (χ2n) is 3.58. The van der Waals surface area contributed by atoms with Gasteiger partial charge in [0, 0.05) is 5.02 Å². The van der Waals surface area contributed by atoms with Crippen LogP contribution < -0.4 is 4.74 Å². The lowest BCUT2D eigenvalue weighted by Gasteiger charge is -2.12. The molecule has 0 bridgehead atoms. The molecular weight excluding hydrogens is 196 g/mol. The number of benzene rings is 1. The van der Waals surface area contributed by atoms with Gasteiger partial charge in [0.2, 0.25) is 0 Å². The van der Waals surface area contributed by atoms with Crippen LogP contribution in [0.25, 0.3) is 0 Å². The fourth-order valence-corrected chi connectivity index (χ4v) is 1.76. The zero-order valence-electron chi connectivity index (χ0n) is 8.80. The van der Waals surface area contributed by atoms with Crippen molar-refractivity contribution < 1.29 is 4.74 Å². The SMILES string of the molecule is C=COc1cc(C(C)C)c(Cl)cc1C. The second kappa shape index (κ2) is 4.52. The summed E-state index contributed by atoms with van der Waals surface area (Å²) in [6, 6.07) is 3.90. The molecule has 0 saturated carbocycles. The van der Waals surface area contributed by atoms with Crippen molar-refractivity contribution >= 4 is 11.6 Å². The summed E-state index contributed by atoms with van der Waals surface area (Å²) in [6.45, 7) is 9.72. The minimum Gasteiger partial charge on any atom is -0.465 e. The topological polar surface area (TPSA) is 9.23 Å². The highest BCUT2D eigenvalue weighted by Gasteiger charge is 2.09. The predicted octanol–water partition coefficient (Wildman–Crippen LogP) is 4.29. The summed E-state index contributed by atoms with van der Waals surface area (Å²) in [7, 11) is 0. The molecule has 0 aliphatic rings. The van der Waals surface area contributed by atoms with Crippen LogP contribution in [0.15, 0.2) is 25.0 Å². The molecule has 76 valence electrons. The third-order valence-electron chi connectivity index (χ3n) is 2.13. The molecule has 0 unspecified atom stereocenters. The summed E-state index contributed by atoms with van der Waals surface area (Å²) in [5.74, 6) is 1.23. The third-order valence-corrected chi connectivity index (χ3v) is 2.45. The van der Waals surface area contributed by atoms with Crippen LogP contribution in [0.1, 0.15) is 30.9 Å². The van der Waals surface area contributed by atoms with Crippen molar-refractivity contribution in [1.82, 2.24) is 0 Å². The monoisotopic (exact) mass is 210 g/mol. The van der Waals surface area contributed by atoms with Crippen LogP contribution >= 0.6 is 11.6 Å². The lowest BCUT2D eigenvalue weighted by Crippen LogP contribution is -1.93. The molecule has 1 aromatic carbocycles. The molecule has 1 rings (SSSR count). The molecule has 1 nitrogen and oxygen atoms in total. The molecule has 2 heteroatoms. The minimum absolute atomic E-state index is 0.398. The smallest absolute Gasteiger partial charge is 0.129 e. The van der Waals surface area contributed by atoms with E-state index in [0.29, 0.717) is 5.92 Å². The van der Waals surface area contributed by atoms with Gasteiger partial charge < -0.3 is 4.74 Å². The molecule has 0 fully saturated rings. The zero-order chi connectivity index (χ0) is 10.7. The lowest BCUT2D eigenvalue weighted by atomic mass is 10.0. The molecule has 0 N–H and O–H groups in total. The molecule has 0 spiro atoms. The Bertz CT molecular complexity index is 342. The highest BCUT2D eigenvalue weighted by molar-refractivity contribution is 6.31. The van der Waals surface area contributed by atoms with Crippen molar-refractivity contribution in [3.8, 4) is 5.75 Å². The van der Waals surface area contributed by atoms with Crippen LogP contribution in [0.2, 0.25) is 5.02 Å². The maximum atomic E-state index is 6.12. The molecule has 0 amide bonds. The number of hydrogen-bond donors (Lipinski definition) is 0. The van der Waals surface area contributed by atoms with Gasteiger partial charge in [-0.25, -0.2) is 0 Å². The Morgan fingerprint density at radius 3 is 2.57 bits per heavy atom. The minimum atomic E-state index is 0.398. The zero-order valence-corrected chi connectivity index (χ0v) is 9.56. The van der Waals surface area contributed by atoms with Crippen LogP contribution in [0, 0.1) is 6.92 Å². The summed E-state index contributed by atoms with van der Waals surface area (Å²) >= 11 is 6.12. The highest BCUT2D eigenvalue weighted by Crippen LogP contribution is 2.31. The number of hydrogen-bond acceptors (Lipinski definition) is 1. The molecule has 0 heterocycles. The van der Waals surface area contributed by atoms with Crippen LogP contribution in [0.4, 0.5) is 0 Å². The van der Waals surface area contributed by atoms with Gasteiger partial charge >= 0.3 is 0 Å². The Kier molecular flexibility index (Phi) is 3.59. The van der Waals surface area contributed by atoms with Gasteiger partial charge in [0.1, 0.15) is 5.75 Å². The lowest BCUT2D eigenvalue weighted by molar-refractivity contribution is 0.478. The standard InChI is InChI=1S/C12H15ClO/c1-5-14-12-7-10(8(2)3)11(13)6-9(12)4/h5-8H,1H2,2-4H3. The Hall–Kier alpha value is -0.950. The first kappa shape index (κ1) is 11.1. The Morgan fingerprint density at radius 1 is 1.43 bits per heavy atom. The number of rotatable bonds is 3. The molecule has 0 radical (unpaired) electrons. The van der Waals surface area contributed by atoms with E-state index in [0.717, 1.165) is 21.9 Å². The van der Waals surface area contributed by atoms with Crippen molar-refractivity contribution in [2.75, 3.05) is 0 Å². The average molecular weight is 211 g/mol. The van der Waals surface area contributed by atoms with E-state index >= 15 is 0 Å². The largest absolute Gasteiger partial charge is 0.465 e. The van der Waals surface area contributed by atoms with Crippen molar-refractivity contribution in [2.24, 2.45) is 0 Å². The van der Waals surface area contributed by atoms with Gasteiger partial charge in [0.05, 0.1) is 6.26 Å². The van der Waals surface area contributed by atoms with Gasteiger partial charge in [-0.2, -0.15) is 0 Å². The van der Waals surface area contributed by atoms with E-state index < -0.39 is 0 Å². The van der Waals surface area contributed by atoms with Crippen LogP contribution in [0.5, 0.6) is 5.75 Å². The Morgan fingerprint density at radius 2 is 2.07 bits per heavy atom. The molecule has 14 heavy (non-hydrogen) atoms. The summed E-state index contributed by atoms with van der Waals surface area (Å²) in [6.07, 6.45) is 1.43. The first-order chi connectivity index (χ1) is 6.56. The van der Waals surface area contributed by atoms with E-state index in [1.807, 2.05) is 19.1 Å². The van der Waals surface area contributed by atoms with Crippen LogP contribution in [-0.4, -0.2) is 0 Å². The Labute approximate surface area is 90.3 Å². The second-order valence-corrected chi connectivity index (χ2v) is 3.99. The van der Waals surface area contributed by atoms with E-state index in [2.05, 4.69) is 20.4 Å². The number of ether oxygens (including phenoxy) is 1. The van der Waals surface area contributed by atoms with Gasteiger partial charge in [-0.05, 0) is 36.1 Å². The van der Waals surface area contributed by atoms with E-state index in [1.54, 1.807) is 0 Å². The van der Waals surface area contributed by atoms with Crippen molar-refractivity contribution in [1.29, 1.82) is 0 Å². The summed E-state index contributed by atoms with van der Waals surface area (Å²) in [5, 5.41) is 0.800. The van der Waals surface area contributed by atoms with E-state index in [4.69, 9.17) is 16.3 Å². The summed E-state index contributed by atoms with van der Waals surface area (Å²) in [5.41, 5.74) is 2.13. The molecule has 1 aromatic rings. The number of aryl methyl sites for hydroxylation is 1. The van der Waals surface area contributed by atoms with Gasteiger partial charge in [0.25, 0.3) is 0 Å². The number of halogens is 1. The predicted molar refractivity (Wildman–Crippen MR) is 61.1 cm³/mol. The maximum Gasteiger partial charge on any atom is 0.129 e. The van der Waals surface area contributed by atoms with Gasteiger partial charge in [-0.15, -0.1) is 0 Å². The summed E-state index contributed by atoms with van der Waals surface area (Å²) in [4.78, 5) is 0. The fourth-order valence-electron chi connectivity index (χ4n) is 1.33. The average Bonchev–Trinajstić information content (AvgIpc) is 2.09. The quantitative estimate of drug-likeness (QED) is 0.677. The first-order valence-electron chi connectivity index (χ1n) is 4.64. The fraction of sp³-hybridized carbons (Fsp3) is 0.333. The van der Waals surface area contributed by atoms with E-state index in [-0.39, 0.29) is 0 Å². The maximum absolute atomic E-state index is 6.12. The normalized spacial score (nSPS) is 10.4. The van der Waals surface area contributed by atoms with Crippen LogP contribution in [-0.2, 0) is 0 Å². The van der Waals surface area contributed by atoms with Gasteiger partial charge in [-0.3, -0.25) is 0 Å². The Balaban J connectivity index is 3.19. The van der Waals surface area contributed by atoms with Crippen molar-refractivity contribution in [3.05, 3.63) is 41.1 Å². The highest BCUT2D eigenvalue weighted by atomic mass is 35.5. The third kappa shape index (κ3) is 2.30. The summed E-state index contributed by atoms with van der Waals surface area (Å²) < 4.78 is 5.29. The van der Waals surface area contributed by atoms with E-state index in [1.165, 1.54) is 6.26 Å². The van der Waals surface area contributed by atoms with Gasteiger partial charge in [-0.1, -0.05) is 32.0 Å². The molecule has 0 atom stereocenters. The van der Waals surface area contributed by atoms with Crippen LogP contribution in [0.3, 0.4) is 0 Å². The molecule has 0 aliphatic carbocycles. The molecule has 0 saturated heterocycles. The first-order valence-corrected chi connectivity index (χ1v) is 5.01. The molecule has 0 aromatic heterocycles. The van der Waals surface area contributed by atoms with E-state index in [9.17, 15) is 0 Å². The van der Waals surface area contributed by atoms with Crippen molar-refractivity contribution in [3.63, 3.8) is 0 Å².